The maximum absolute atomic E-state index is 11.3. The number of nitrogens with one attached hydrogen (secondary N) is 2. The monoisotopic (exact) mass is 232 g/mol. The lowest BCUT2D eigenvalue weighted by Crippen LogP contribution is -2.14. The molecule has 1 aromatic carbocycles. The average Bonchev–Trinajstić information content (AvgIpc) is 2.30. The van der Waals surface area contributed by atoms with Crippen LogP contribution in [0.1, 0.15) is 12.5 Å². The van der Waals surface area contributed by atoms with Gasteiger partial charge in [-0.05, 0) is 31.5 Å². The van der Waals surface area contributed by atoms with E-state index in [-0.39, 0.29) is 0 Å². The van der Waals surface area contributed by atoms with Crippen molar-refractivity contribution in [1.29, 1.82) is 0 Å². The summed E-state index contributed by atoms with van der Waals surface area (Å²) in [6, 6.07) is 5.56. The van der Waals surface area contributed by atoms with E-state index in [1.54, 1.807) is 6.92 Å². The molecule has 0 saturated carbocycles. The van der Waals surface area contributed by atoms with E-state index in [0.29, 0.717) is 18.8 Å². The van der Waals surface area contributed by atoms with Crippen LogP contribution in [-0.2, 0) is 4.74 Å². The fourth-order valence-electron chi connectivity index (χ4n) is 1.39. The SMILES string of the molecule is C#CCNc1cccc(NC(=O)OCC)c1C. The summed E-state index contributed by atoms with van der Waals surface area (Å²) in [5.41, 5.74) is 2.54. The molecule has 1 rings (SSSR count). The van der Waals surface area contributed by atoms with E-state index < -0.39 is 6.09 Å². The van der Waals surface area contributed by atoms with Gasteiger partial charge in [0.25, 0.3) is 0 Å². The molecule has 0 aromatic heterocycles. The third kappa shape index (κ3) is 3.72. The Morgan fingerprint density at radius 1 is 1.47 bits per heavy atom. The normalized spacial score (nSPS) is 9.24. The topological polar surface area (TPSA) is 50.4 Å². The molecule has 90 valence electrons. The summed E-state index contributed by atoms with van der Waals surface area (Å²) < 4.78 is 4.82. The second-order valence-electron chi connectivity index (χ2n) is 3.38. The van der Waals surface area contributed by atoms with Crippen molar-refractivity contribution in [3.63, 3.8) is 0 Å². The number of benzene rings is 1. The first-order valence-corrected chi connectivity index (χ1v) is 5.39. The first-order valence-electron chi connectivity index (χ1n) is 5.39. The van der Waals surface area contributed by atoms with Gasteiger partial charge in [0, 0.05) is 11.4 Å². The van der Waals surface area contributed by atoms with E-state index in [1.165, 1.54) is 0 Å². The Kier molecular flexibility index (Phi) is 4.89. The number of hydrogen-bond acceptors (Lipinski definition) is 3. The van der Waals surface area contributed by atoms with Crippen LogP contribution >= 0.6 is 0 Å². The van der Waals surface area contributed by atoms with Crippen LogP contribution in [0.5, 0.6) is 0 Å². The number of rotatable bonds is 4. The summed E-state index contributed by atoms with van der Waals surface area (Å²) in [5, 5.41) is 5.76. The molecule has 17 heavy (non-hydrogen) atoms. The van der Waals surface area contributed by atoms with Gasteiger partial charge in [-0.2, -0.15) is 0 Å². The minimum atomic E-state index is -0.454. The van der Waals surface area contributed by atoms with Crippen molar-refractivity contribution in [3.05, 3.63) is 23.8 Å². The van der Waals surface area contributed by atoms with Crippen LogP contribution in [0, 0.1) is 19.3 Å². The molecule has 2 N–H and O–H groups in total. The lowest BCUT2D eigenvalue weighted by molar-refractivity contribution is 0.168. The Morgan fingerprint density at radius 2 is 2.18 bits per heavy atom. The average molecular weight is 232 g/mol. The highest BCUT2D eigenvalue weighted by Crippen LogP contribution is 2.23. The third-order valence-electron chi connectivity index (χ3n) is 2.23. The molecular weight excluding hydrogens is 216 g/mol. The van der Waals surface area contributed by atoms with Gasteiger partial charge in [0.1, 0.15) is 0 Å². The van der Waals surface area contributed by atoms with Crippen molar-refractivity contribution < 1.29 is 9.53 Å². The van der Waals surface area contributed by atoms with Crippen molar-refractivity contribution in [1.82, 2.24) is 0 Å². The Morgan fingerprint density at radius 3 is 2.82 bits per heavy atom. The Labute approximate surface area is 101 Å². The van der Waals surface area contributed by atoms with Crippen LogP contribution in [0.2, 0.25) is 0 Å². The third-order valence-corrected chi connectivity index (χ3v) is 2.23. The van der Waals surface area contributed by atoms with Crippen molar-refractivity contribution >= 4 is 17.5 Å². The van der Waals surface area contributed by atoms with E-state index in [4.69, 9.17) is 11.2 Å². The number of carbonyl (C=O) groups excluding carboxylic acids is 1. The molecule has 0 atom stereocenters. The standard InChI is InChI=1S/C13H16N2O2/c1-4-9-14-11-7-6-8-12(10(11)3)15-13(16)17-5-2/h1,6-8,14H,5,9H2,2-3H3,(H,15,16). The van der Waals surface area contributed by atoms with Gasteiger partial charge in [0.2, 0.25) is 0 Å². The van der Waals surface area contributed by atoms with Crippen molar-refractivity contribution in [2.45, 2.75) is 13.8 Å². The van der Waals surface area contributed by atoms with Gasteiger partial charge in [0.05, 0.1) is 13.2 Å². The van der Waals surface area contributed by atoms with Crippen LogP contribution in [0.4, 0.5) is 16.2 Å². The lowest BCUT2D eigenvalue weighted by atomic mass is 10.1. The fourth-order valence-corrected chi connectivity index (χ4v) is 1.39. The number of hydrogen-bond donors (Lipinski definition) is 2. The van der Waals surface area contributed by atoms with Gasteiger partial charge in [-0.15, -0.1) is 6.42 Å². The highest BCUT2D eigenvalue weighted by atomic mass is 16.5. The lowest BCUT2D eigenvalue weighted by Gasteiger charge is -2.12. The summed E-state index contributed by atoms with van der Waals surface area (Å²) >= 11 is 0. The van der Waals surface area contributed by atoms with E-state index in [0.717, 1.165) is 11.3 Å². The molecule has 0 aliphatic carbocycles. The van der Waals surface area contributed by atoms with Crippen LogP contribution in [0.25, 0.3) is 0 Å². The molecule has 1 aromatic rings. The van der Waals surface area contributed by atoms with Crippen molar-refractivity contribution in [3.8, 4) is 12.3 Å². The zero-order valence-electron chi connectivity index (χ0n) is 10.0. The van der Waals surface area contributed by atoms with Crippen LogP contribution in [-0.4, -0.2) is 19.2 Å². The van der Waals surface area contributed by atoms with Crippen LogP contribution in [0.3, 0.4) is 0 Å². The number of terminal acetylenes is 1. The van der Waals surface area contributed by atoms with E-state index in [9.17, 15) is 4.79 Å². The maximum atomic E-state index is 11.3. The summed E-state index contributed by atoms with van der Waals surface area (Å²) in [4.78, 5) is 11.3. The predicted octanol–water partition coefficient (Wildman–Crippen LogP) is 2.61. The minimum absolute atomic E-state index is 0.347. The highest BCUT2D eigenvalue weighted by molar-refractivity contribution is 5.87. The summed E-state index contributed by atoms with van der Waals surface area (Å²) in [7, 11) is 0. The van der Waals surface area contributed by atoms with Gasteiger partial charge in [-0.25, -0.2) is 4.79 Å². The predicted molar refractivity (Wildman–Crippen MR) is 69.1 cm³/mol. The van der Waals surface area contributed by atoms with Gasteiger partial charge in [0.15, 0.2) is 0 Å². The summed E-state index contributed by atoms with van der Waals surface area (Å²) in [6.45, 7) is 4.46. The molecule has 0 aliphatic heterocycles. The Hall–Kier alpha value is -2.15. The number of anilines is 2. The smallest absolute Gasteiger partial charge is 0.411 e. The zero-order valence-corrected chi connectivity index (χ0v) is 10.0. The van der Waals surface area contributed by atoms with Crippen molar-refractivity contribution in [2.24, 2.45) is 0 Å². The van der Waals surface area contributed by atoms with Gasteiger partial charge >= 0.3 is 6.09 Å². The largest absolute Gasteiger partial charge is 0.450 e. The van der Waals surface area contributed by atoms with E-state index >= 15 is 0 Å². The fraction of sp³-hybridized carbons (Fsp3) is 0.308. The summed E-state index contributed by atoms with van der Waals surface area (Å²) in [5.74, 6) is 2.50. The molecule has 0 aliphatic rings. The molecule has 1 amide bonds. The second-order valence-corrected chi connectivity index (χ2v) is 3.38. The molecule has 0 fully saturated rings. The Balaban J connectivity index is 2.79. The number of amides is 1. The molecular formula is C13H16N2O2. The maximum Gasteiger partial charge on any atom is 0.411 e. The number of ether oxygens (including phenoxy) is 1. The van der Waals surface area contributed by atoms with Crippen molar-refractivity contribution in [2.75, 3.05) is 23.8 Å². The first-order chi connectivity index (χ1) is 8.19. The quantitative estimate of drug-likeness (QED) is 0.784. The van der Waals surface area contributed by atoms with E-state index in [2.05, 4.69) is 16.6 Å². The molecule has 4 nitrogen and oxygen atoms in total. The molecule has 0 unspecified atom stereocenters. The van der Waals surface area contributed by atoms with Gasteiger partial charge in [-0.3, -0.25) is 5.32 Å². The molecule has 0 heterocycles. The van der Waals surface area contributed by atoms with Gasteiger partial charge < -0.3 is 10.1 Å². The second kappa shape index (κ2) is 6.44. The molecule has 0 bridgehead atoms. The summed E-state index contributed by atoms with van der Waals surface area (Å²) in [6.07, 6.45) is 4.73. The minimum Gasteiger partial charge on any atom is -0.450 e. The highest BCUT2D eigenvalue weighted by Gasteiger charge is 2.07. The molecule has 4 heteroatoms. The zero-order chi connectivity index (χ0) is 12.7. The molecule has 0 saturated heterocycles. The Bertz CT molecular complexity index is 436. The molecule has 0 radical (unpaired) electrons. The van der Waals surface area contributed by atoms with Crippen LogP contribution in [0.15, 0.2) is 18.2 Å². The van der Waals surface area contributed by atoms with Gasteiger partial charge in [-0.1, -0.05) is 12.0 Å². The van der Waals surface area contributed by atoms with Crippen LogP contribution < -0.4 is 10.6 Å². The molecule has 0 spiro atoms. The van der Waals surface area contributed by atoms with E-state index in [1.807, 2.05) is 25.1 Å². The number of carbonyl (C=O) groups is 1. The first kappa shape index (κ1) is 12.9.